The van der Waals surface area contributed by atoms with E-state index in [1.807, 2.05) is 0 Å². The molecule has 4 aromatic carbocycles. The molecule has 0 amide bonds. The Hall–Kier alpha value is -3.76. The summed E-state index contributed by atoms with van der Waals surface area (Å²) in [6.07, 6.45) is 11.1. The van der Waals surface area contributed by atoms with Crippen molar-refractivity contribution in [1.82, 2.24) is 0 Å². The molecule has 0 bridgehead atoms. The topological polar surface area (TPSA) is 24.9 Å². The van der Waals surface area contributed by atoms with Gasteiger partial charge >= 0.3 is 0 Å². The number of benzene rings is 4. The first-order chi connectivity index (χ1) is 19.8. The molecule has 2 fully saturated rings. The fourth-order valence-corrected chi connectivity index (χ4v) is 6.60. The number of fused-ring (bicyclic) bond motifs is 3. The first kappa shape index (κ1) is 25.2. The quantitative estimate of drug-likeness (QED) is 0.269. The molecule has 0 N–H and O–H groups in total. The molecule has 0 aromatic heterocycles. The van der Waals surface area contributed by atoms with Crippen molar-refractivity contribution in [3.05, 3.63) is 108 Å². The van der Waals surface area contributed by atoms with Crippen LogP contribution >= 0.6 is 0 Å². The van der Waals surface area contributed by atoms with Crippen molar-refractivity contribution < 1.29 is 9.47 Å². The van der Waals surface area contributed by atoms with Crippen LogP contribution in [-0.4, -0.2) is 39.4 Å². The Morgan fingerprint density at radius 2 is 1.27 bits per heavy atom. The molecular formula is C36H38N2O2. The Balaban J connectivity index is 1.24. The summed E-state index contributed by atoms with van der Waals surface area (Å²) >= 11 is 0. The monoisotopic (exact) mass is 530 g/mol. The second-order valence-electron chi connectivity index (χ2n) is 11.3. The summed E-state index contributed by atoms with van der Waals surface area (Å²) in [5, 5.41) is 2.46. The molecule has 2 saturated heterocycles. The van der Waals surface area contributed by atoms with Crippen LogP contribution in [0.15, 0.2) is 91.0 Å². The third kappa shape index (κ3) is 4.75. The minimum absolute atomic E-state index is 0.676. The van der Waals surface area contributed by atoms with E-state index in [0.29, 0.717) is 0 Å². The maximum Gasteiger partial charge on any atom is 0.178 e. The fraction of sp³-hybridized carbons (Fsp3) is 0.333. The average Bonchev–Trinajstić information content (AvgIpc) is 3.01. The normalized spacial score (nSPS) is 21.4. The first-order valence-corrected chi connectivity index (χ1v) is 15.0. The Labute approximate surface area is 237 Å². The number of ether oxygens (including phenoxy) is 2. The number of hydrogen-bond acceptors (Lipinski definition) is 4. The van der Waals surface area contributed by atoms with Gasteiger partial charge in [-0.1, -0.05) is 73.9 Å². The number of nitrogens with zero attached hydrogens (tertiary/aromatic N) is 2. The molecule has 0 spiro atoms. The van der Waals surface area contributed by atoms with Gasteiger partial charge in [0.1, 0.15) is 5.75 Å². The van der Waals surface area contributed by atoms with Crippen molar-refractivity contribution in [3.8, 4) is 5.75 Å². The summed E-state index contributed by atoms with van der Waals surface area (Å²) in [6, 6.07) is 30.9. The van der Waals surface area contributed by atoms with E-state index in [1.165, 1.54) is 54.3 Å². The van der Waals surface area contributed by atoms with E-state index in [-0.39, 0.29) is 0 Å². The standard InChI is InChI=1S/C36H38N2O2/c1-2-7-21-37(22-8-3-1)31-14-12-30(13-15-31)36(29-9-5-4-6-10-29)20-19-34-33-17-16-32(38-23-25-39-26-24-38)27-28(33)11-18-35(34)40-36/h4-6,9-20,27H,1-3,7-8,21-26H2. The Morgan fingerprint density at radius 1 is 0.600 bits per heavy atom. The number of anilines is 2. The van der Waals surface area contributed by atoms with Gasteiger partial charge in [-0.05, 0) is 66.1 Å². The molecule has 40 heavy (non-hydrogen) atoms. The second kappa shape index (κ2) is 11.0. The maximum absolute atomic E-state index is 7.04. The van der Waals surface area contributed by atoms with Crippen LogP contribution in [0.4, 0.5) is 11.4 Å². The third-order valence-corrected chi connectivity index (χ3v) is 8.86. The highest BCUT2D eigenvalue weighted by Gasteiger charge is 2.37. The van der Waals surface area contributed by atoms with E-state index in [9.17, 15) is 0 Å². The van der Waals surface area contributed by atoms with Gasteiger partial charge in [-0.2, -0.15) is 0 Å². The largest absolute Gasteiger partial charge is 0.473 e. The summed E-state index contributed by atoms with van der Waals surface area (Å²) in [6.45, 7) is 5.75. The fourth-order valence-electron chi connectivity index (χ4n) is 6.60. The van der Waals surface area contributed by atoms with E-state index in [2.05, 4.69) is 107 Å². The van der Waals surface area contributed by atoms with Crippen LogP contribution in [0.2, 0.25) is 0 Å². The minimum Gasteiger partial charge on any atom is -0.473 e. The summed E-state index contributed by atoms with van der Waals surface area (Å²) < 4.78 is 12.6. The van der Waals surface area contributed by atoms with E-state index in [1.54, 1.807) is 0 Å². The van der Waals surface area contributed by atoms with Crippen LogP contribution in [-0.2, 0) is 10.3 Å². The van der Waals surface area contributed by atoms with Crippen molar-refractivity contribution in [2.45, 2.75) is 37.7 Å². The predicted molar refractivity (Wildman–Crippen MR) is 166 cm³/mol. The van der Waals surface area contributed by atoms with Gasteiger partial charge in [-0.3, -0.25) is 0 Å². The Bertz CT molecular complexity index is 1480. The molecule has 4 aromatic rings. The van der Waals surface area contributed by atoms with Gasteiger partial charge in [0.2, 0.25) is 0 Å². The third-order valence-electron chi connectivity index (χ3n) is 8.86. The van der Waals surface area contributed by atoms with Crippen LogP contribution in [0.3, 0.4) is 0 Å². The number of rotatable bonds is 4. The zero-order chi connectivity index (χ0) is 26.8. The Kier molecular flexibility index (Phi) is 6.95. The Morgan fingerprint density at radius 3 is 2.05 bits per heavy atom. The molecule has 204 valence electrons. The van der Waals surface area contributed by atoms with Crippen molar-refractivity contribution in [3.63, 3.8) is 0 Å². The van der Waals surface area contributed by atoms with Gasteiger partial charge < -0.3 is 19.3 Å². The lowest BCUT2D eigenvalue weighted by Crippen LogP contribution is -2.36. The molecular weight excluding hydrogens is 492 g/mol. The predicted octanol–water partition coefficient (Wildman–Crippen LogP) is 7.80. The highest BCUT2D eigenvalue weighted by Crippen LogP contribution is 2.44. The van der Waals surface area contributed by atoms with Gasteiger partial charge in [-0.15, -0.1) is 0 Å². The molecule has 0 radical (unpaired) electrons. The van der Waals surface area contributed by atoms with E-state index < -0.39 is 5.60 Å². The van der Waals surface area contributed by atoms with Crippen LogP contribution in [0.1, 0.15) is 48.8 Å². The molecule has 0 saturated carbocycles. The lowest BCUT2D eigenvalue weighted by Gasteiger charge is -2.37. The number of morpholine rings is 1. The minimum atomic E-state index is -0.676. The smallest absolute Gasteiger partial charge is 0.178 e. The summed E-state index contributed by atoms with van der Waals surface area (Å²) in [7, 11) is 0. The summed E-state index contributed by atoms with van der Waals surface area (Å²) in [5.74, 6) is 0.922. The molecule has 1 unspecified atom stereocenters. The number of hydrogen-bond donors (Lipinski definition) is 0. The zero-order valence-corrected chi connectivity index (χ0v) is 23.2. The van der Waals surface area contributed by atoms with Gasteiger partial charge in [0.05, 0.1) is 13.2 Å². The second-order valence-corrected chi connectivity index (χ2v) is 11.3. The van der Waals surface area contributed by atoms with Crippen molar-refractivity contribution >= 4 is 28.2 Å². The van der Waals surface area contributed by atoms with Crippen LogP contribution in [0.25, 0.3) is 16.8 Å². The molecule has 0 aliphatic carbocycles. The first-order valence-electron chi connectivity index (χ1n) is 15.0. The van der Waals surface area contributed by atoms with Gasteiger partial charge in [-0.25, -0.2) is 0 Å². The summed E-state index contributed by atoms with van der Waals surface area (Å²) in [4.78, 5) is 4.97. The van der Waals surface area contributed by atoms with Gasteiger partial charge in [0.15, 0.2) is 5.60 Å². The lowest BCUT2D eigenvalue weighted by atomic mass is 9.83. The van der Waals surface area contributed by atoms with Gasteiger partial charge in [0.25, 0.3) is 0 Å². The molecule has 3 aliphatic rings. The molecule has 3 heterocycles. The molecule has 3 aliphatic heterocycles. The SMILES string of the molecule is C1=CC(c2ccccc2)(c2ccc(N3CCCCCCC3)cc2)Oc2ccc3cc(N4CCOCC4)ccc3c21. The molecule has 1 atom stereocenters. The molecule has 4 nitrogen and oxygen atoms in total. The highest BCUT2D eigenvalue weighted by atomic mass is 16.5. The van der Waals surface area contributed by atoms with E-state index in [4.69, 9.17) is 9.47 Å². The van der Waals surface area contributed by atoms with E-state index in [0.717, 1.165) is 61.8 Å². The zero-order valence-electron chi connectivity index (χ0n) is 23.2. The molecule has 4 heteroatoms. The van der Waals surface area contributed by atoms with Crippen LogP contribution in [0, 0.1) is 0 Å². The van der Waals surface area contributed by atoms with Crippen LogP contribution in [0.5, 0.6) is 5.75 Å². The van der Waals surface area contributed by atoms with Gasteiger partial charge in [0, 0.05) is 54.2 Å². The maximum atomic E-state index is 7.04. The van der Waals surface area contributed by atoms with E-state index >= 15 is 0 Å². The van der Waals surface area contributed by atoms with Crippen molar-refractivity contribution in [2.24, 2.45) is 0 Å². The molecule has 7 rings (SSSR count). The lowest BCUT2D eigenvalue weighted by molar-refractivity contribution is 0.122. The van der Waals surface area contributed by atoms with Crippen molar-refractivity contribution in [1.29, 1.82) is 0 Å². The summed E-state index contributed by atoms with van der Waals surface area (Å²) in [5.41, 5.74) is 5.34. The van der Waals surface area contributed by atoms with Crippen LogP contribution < -0.4 is 14.5 Å². The average molecular weight is 531 g/mol. The highest BCUT2D eigenvalue weighted by molar-refractivity contribution is 5.96. The van der Waals surface area contributed by atoms with Crippen molar-refractivity contribution in [2.75, 3.05) is 49.2 Å².